The highest BCUT2D eigenvalue weighted by molar-refractivity contribution is 5.52. The van der Waals surface area contributed by atoms with E-state index in [-0.39, 0.29) is 5.82 Å². The lowest BCUT2D eigenvalue weighted by atomic mass is 10.1. The lowest BCUT2D eigenvalue weighted by molar-refractivity contribution is -0.387. The molecule has 0 amide bonds. The first-order chi connectivity index (χ1) is 9.47. The van der Waals surface area contributed by atoms with E-state index in [9.17, 15) is 18.9 Å². The highest BCUT2D eigenvalue weighted by Crippen LogP contribution is 2.22. The van der Waals surface area contributed by atoms with E-state index >= 15 is 0 Å². The maximum Gasteiger partial charge on any atom is 0.306 e. The van der Waals surface area contributed by atoms with Gasteiger partial charge in [0.25, 0.3) is 0 Å². The van der Waals surface area contributed by atoms with Gasteiger partial charge in [-0.05, 0) is 36.2 Å². The van der Waals surface area contributed by atoms with E-state index < -0.39 is 16.4 Å². The summed E-state index contributed by atoms with van der Waals surface area (Å²) in [6, 6.07) is 8.24. The van der Waals surface area contributed by atoms with E-state index in [4.69, 9.17) is 0 Å². The van der Waals surface area contributed by atoms with Crippen molar-refractivity contribution in [2.24, 2.45) is 0 Å². The molecule has 0 bridgehead atoms. The quantitative estimate of drug-likeness (QED) is 0.683. The number of hydrogen-bond acceptors (Lipinski definition) is 3. The lowest BCUT2D eigenvalue weighted by Crippen LogP contribution is -2.01. The average Bonchev–Trinajstić information content (AvgIpc) is 2.41. The third-order valence-electron chi connectivity index (χ3n) is 2.86. The van der Waals surface area contributed by atoms with Crippen LogP contribution in [0.15, 0.2) is 36.4 Å². The Kier molecular flexibility index (Phi) is 3.93. The number of halogens is 2. The van der Waals surface area contributed by atoms with Crippen molar-refractivity contribution < 1.29 is 13.7 Å². The summed E-state index contributed by atoms with van der Waals surface area (Å²) in [6.07, 6.45) is 0. The van der Waals surface area contributed by atoms with Gasteiger partial charge in [-0.3, -0.25) is 10.1 Å². The molecule has 0 saturated heterocycles. The number of benzene rings is 2. The Morgan fingerprint density at radius 3 is 2.50 bits per heavy atom. The number of anilines is 1. The van der Waals surface area contributed by atoms with E-state index in [1.807, 2.05) is 0 Å². The van der Waals surface area contributed by atoms with E-state index in [0.717, 1.165) is 17.7 Å². The molecule has 0 aliphatic rings. The largest absolute Gasteiger partial charge is 0.381 e. The molecule has 2 rings (SSSR count). The Bertz CT molecular complexity index is 660. The molecule has 0 aromatic heterocycles. The van der Waals surface area contributed by atoms with Crippen molar-refractivity contribution in [1.29, 1.82) is 0 Å². The SMILES string of the molecule is Cc1cc(CNc2ccc(F)c([N+](=O)[O-])c2)ccc1F. The zero-order chi connectivity index (χ0) is 14.7. The molecule has 2 aromatic carbocycles. The normalized spacial score (nSPS) is 10.3. The first-order valence-electron chi connectivity index (χ1n) is 5.90. The van der Waals surface area contributed by atoms with Crippen LogP contribution in [0.25, 0.3) is 0 Å². The van der Waals surface area contributed by atoms with E-state index in [0.29, 0.717) is 17.8 Å². The zero-order valence-corrected chi connectivity index (χ0v) is 10.7. The van der Waals surface area contributed by atoms with Gasteiger partial charge >= 0.3 is 5.69 Å². The van der Waals surface area contributed by atoms with Crippen LogP contribution in [-0.4, -0.2) is 4.92 Å². The van der Waals surface area contributed by atoms with Gasteiger partial charge in [0.05, 0.1) is 4.92 Å². The maximum atomic E-state index is 13.2. The molecule has 0 heterocycles. The van der Waals surface area contributed by atoms with Crippen LogP contribution in [0.4, 0.5) is 20.2 Å². The number of nitro benzene ring substituents is 1. The number of aryl methyl sites for hydroxylation is 1. The van der Waals surface area contributed by atoms with Crippen LogP contribution < -0.4 is 5.32 Å². The summed E-state index contributed by atoms with van der Waals surface area (Å²) in [5.74, 6) is -1.16. The standard InChI is InChI=1S/C14H12F2N2O2/c1-9-6-10(2-4-12(9)15)8-17-11-3-5-13(16)14(7-11)18(19)20/h2-7,17H,8H2,1H3. The van der Waals surface area contributed by atoms with Crippen LogP contribution in [0.3, 0.4) is 0 Å². The Labute approximate surface area is 114 Å². The second-order valence-electron chi connectivity index (χ2n) is 4.36. The van der Waals surface area contributed by atoms with Crippen LogP contribution >= 0.6 is 0 Å². The van der Waals surface area contributed by atoms with Crippen molar-refractivity contribution in [3.8, 4) is 0 Å². The zero-order valence-electron chi connectivity index (χ0n) is 10.7. The monoisotopic (exact) mass is 278 g/mol. The first-order valence-corrected chi connectivity index (χ1v) is 5.90. The van der Waals surface area contributed by atoms with Crippen molar-refractivity contribution in [2.45, 2.75) is 13.5 Å². The van der Waals surface area contributed by atoms with Crippen LogP contribution in [0, 0.1) is 28.7 Å². The molecule has 6 heteroatoms. The summed E-state index contributed by atoms with van der Waals surface area (Å²) in [6.45, 7) is 2.02. The smallest absolute Gasteiger partial charge is 0.306 e. The highest BCUT2D eigenvalue weighted by atomic mass is 19.1. The second kappa shape index (κ2) is 5.64. The molecule has 0 saturated carbocycles. The predicted octanol–water partition coefficient (Wildman–Crippen LogP) is 3.79. The van der Waals surface area contributed by atoms with Crippen molar-refractivity contribution in [1.82, 2.24) is 0 Å². The molecular formula is C14H12F2N2O2. The predicted molar refractivity (Wildman–Crippen MR) is 71.5 cm³/mol. The topological polar surface area (TPSA) is 55.2 Å². The van der Waals surface area contributed by atoms with Crippen molar-refractivity contribution >= 4 is 11.4 Å². The molecule has 0 spiro atoms. The van der Waals surface area contributed by atoms with Crippen LogP contribution in [0.1, 0.15) is 11.1 Å². The van der Waals surface area contributed by atoms with Gasteiger partial charge in [0.2, 0.25) is 5.82 Å². The molecule has 0 radical (unpaired) electrons. The van der Waals surface area contributed by atoms with Crippen molar-refractivity contribution in [3.63, 3.8) is 0 Å². The van der Waals surface area contributed by atoms with Crippen LogP contribution in [0.5, 0.6) is 0 Å². The second-order valence-corrected chi connectivity index (χ2v) is 4.36. The minimum Gasteiger partial charge on any atom is -0.381 e. The molecule has 1 N–H and O–H groups in total. The van der Waals surface area contributed by atoms with Gasteiger partial charge in [0.1, 0.15) is 5.82 Å². The highest BCUT2D eigenvalue weighted by Gasteiger charge is 2.14. The van der Waals surface area contributed by atoms with E-state index in [1.54, 1.807) is 19.1 Å². The molecule has 0 unspecified atom stereocenters. The van der Waals surface area contributed by atoms with Gasteiger partial charge < -0.3 is 5.32 Å². The lowest BCUT2D eigenvalue weighted by Gasteiger charge is -2.08. The maximum absolute atomic E-state index is 13.2. The summed E-state index contributed by atoms with van der Waals surface area (Å²) in [5.41, 5.74) is 1.20. The summed E-state index contributed by atoms with van der Waals surface area (Å²) in [5, 5.41) is 13.6. The first kappa shape index (κ1) is 13.9. The minimum absolute atomic E-state index is 0.286. The molecule has 4 nitrogen and oxygen atoms in total. The van der Waals surface area contributed by atoms with Gasteiger partial charge in [-0.15, -0.1) is 0 Å². The Balaban J connectivity index is 2.12. The Morgan fingerprint density at radius 1 is 1.15 bits per heavy atom. The van der Waals surface area contributed by atoms with Gasteiger partial charge in [-0.2, -0.15) is 4.39 Å². The molecule has 20 heavy (non-hydrogen) atoms. The fourth-order valence-electron chi connectivity index (χ4n) is 1.78. The molecule has 2 aromatic rings. The number of nitrogens with one attached hydrogen (secondary N) is 1. The summed E-state index contributed by atoms with van der Waals surface area (Å²) in [7, 11) is 0. The molecule has 0 aliphatic carbocycles. The van der Waals surface area contributed by atoms with Gasteiger partial charge in [0.15, 0.2) is 0 Å². The third kappa shape index (κ3) is 3.09. The Morgan fingerprint density at radius 2 is 1.85 bits per heavy atom. The third-order valence-corrected chi connectivity index (χ3v) is 2.86. The van der Waals surface area contributed by atoms with E-state index in [1.165, 1.54) is 12.1 Å². The minimum atomic E-state index is -0.877. The Hall–Kier alpha value is -2.50. The van der Waals surface area contributed by atoms with Gasteiger partial charge in [-0.1, -0.05) is 12.1 Å². The number of rotatable bonds is 4. The van der Waals surface area contributed by atoms with Gasteiger partial charge in [-0.25, -0.2) is 4.39 Å². The molecular weight excluding hydrogens is 266 g/mol. The van der Waals surface area contributed by atoms with Crippen molar-refractivity contribution in [2.75, 3.05) is 5.32 Å². The summed E-state index contributed by atoms with van der Waals surface area (Å²) < 4.78 is 26.3. The van der Waals surface area contributed by atoms with E-state index in [2.05, 4.69) is 5.32 Å². The molecule has 0 fully saturated rings. The average molecular weight is 278 g/mol. The van der Waals surface area contributed by atoms with Crippen molar-refractivity contribution in [3.05, 3.63) is 69.3 Å². The van der Waals surface area contributed by atoms with Crippen LogP contribution in [0.2, 0.25) is 0 Å². The van der Waals surface area contributed by atoms with Crippen LogP contribution in [-0.2, 0) is 6.54 Å². The fraction of sp³-hybridized carbons (Fsp3) is 0.143. The van der Waals surface area contributed by atoms with Gasteiger partial charge in [0, 0.05) is 18.3 Å². The fourth-order valence-corrected chi connectivity index (χ4v) is 1.78. The number of nitro groups is 1. The molecule has 0 aliphatic heterocycles. The number of hydrogen-bond donors (Lipinski definition) is 1. The number of nitrogens with zero attached hydrogens (tertiary/aromatic N) is 1. The summed E-state index contributed by atoms with van der Waals surface area (Å²) in [4.78, 5) is 9.85. The molecule has 104 valence electrons. The molecule has 0 atom stereocenters. The summed E-state index contributed by atoms with van der Waals surface area (Å²) >= 11 is 0.